The van der Waals surface area contributed by atoms with Gasteiger partial charge in [-0.05, 0) is 53.9 Å². The standard InChI is InChI=1S/C22H22ClNO2/c23-17-10-7-16(8-11-17)22(24-13-3-5-18(24)14-25)21-19-6-2-1-4-15(19)9-12-20(21)26/h1-2,4,6-12,18,22,25-26H,3,5,13-14H2/t18-,22-/m0/s1. The van der Waals surface area contributed by atoms with E-state index in [1.54, 1.807) is 6.07 Å². The molecule has 3 aromatic carbocycles. The van der Waals surface area contributed by atoms with Gasteiger partial charge in [-0.1, -0.05) is 54.1 Å². The predicted octanol–water partition coefficient (Wildman–Crippen LogP) is 4.74. The van der Waals surface area contributed by atoms with Crippen molar-refractivity contribution in [1.29, 1.82) is 0 Å². The molecule has 0 amide bonds. The molecule has 1 heterocycles. The highest BCUT2D eigenvalue weighted by molar-refractivity contribution is 6.30. The van der Waals surface area contributed by atoms with Crippen LogP contribution < -0.4 is 0 Å². The fourth-order valence-corrected chi connectivity index (χ4v) is 4.26. The first-order valence-corrected chi connectivity index (χ1v) is 9.39. The summed E-state index contributed by atoms with van der Waals surface area (Å²) in [7, 11) is 0. The van der Waals surface area contributed by atoms with E-state index in [2.05, 4.69) is 17.0 Å². The van der Waals surface area contributed by atoms with Crippen molar-refractivity contribution in [3.05, 3.63) is 76.8 Å². The molecule has 0 aliphatic carbocycles. The van der Waals surface area contributed by atoms with Crippen LogP contribution >= 0.6 is 11.6 Å². The van der Waals surface area contributed by atoms with Gasteiger partial charge in [-0.15, -0.1) is 0 Å². The van der Waals surface area contributed by atoms with Crippen molar-refractivity contribution in [3.8, 4) is 5.75 Å². The van der Waals surface area contributed by atoms with Gasteiger partial charge in [-0.25, -0.2) is 0 Å². The number of benzene rings is 3. The molecular weight excluding hydrogens is 346 g/mol. The predicted molar refractivity (Wildman–Crippen MR) is 106 cm³/mol. The number of halogens is 1. The molecule has 1 fully saturated rings. The van der Waals surface area contributed by atoms with E-state index in [-0.39, 0.29) is 24.4 Å². The van der Waals surface area contributed by atoms with E-state index in [1.165, 1.54) is 0 Å². The monoisotopic (exact) mass is 367 g/mol. The molecular formula is C22H22ClNO2. The first-order chi connectivity index (χ1) is 12.7. The average Bonchev–Trinajstić information content (AvgIpc) is 3.13. The van der Waals surface area contributed by atoms with Crippen molar-refractivity contribution in [3.63, 3.8) is 0 Å². The summed E-state index contributed by atoms with van der Waals surface area (Å²) < 4.78 is 0. The molecule has 1 aliphatic heterocycles. The quantitative estimate of drug-likeness (QED) is 0.699. The molecule has 3 aromatic rings. The SMILES string of the molecule is OC[C@@H]1CCCN1[C@@H](c1ccc(Cl)cc1)c1c(O)ccc2ccccc12. The van der Waals surface area contributed by atoms with Crippen molar-refractivity contribution in [2.24, 2.45) is 0 Å². The van der Waals surface area contributed by atoms with Gasteiger partial charge in [0.15, 0.2) is 0 Å². The Labute approximate surface area is 158 Å². The van der Waals surface area contributed by atoms with Crippen molar-refractivity contribution in [1.82, 2.24) is 4.90 Å². The van der Waals surface area contributed by atoms with Gasteiger partial charge >= 0.3 is 0 Å². The number of likely N-dealkylation sites (tertiary alicyclic amines) is 1. The van der Waals surface area contributed by atoms with Crippen LogP contribution in [0.25, 0.3) is 10.8 Å². The summed E-state index contributed by atoms with van der Waals surface area (Å²) in [6.45, 7) is 1.01. The molecule has 4 heteroatoms. The van der Waals surface area contributed by atoms with Gasteiger partial charge in [0.2, 0.25) is 0 Å². The van der Waals surface area contributed by atoms with E-state index in [0.29, 0.717) is 5.02 Å². The van der Waals surface area contributed by atoms with Crippen LogP contribution in [0.4, 0.5) is 0 Å². The van der Waals surface area contributed by atoms with E-state index >= 15 is 0 Å². The smallest absolute Gasteiger partial charge is 0.121 e. The molecule has 4 rings (SSSR count). The maximum absolute atomic E-state index is 10.8. The summed E-state index contributed by atoms with van der Waals surface area (Å²) in [4.78, 5) is 2.31. The van der Waals surface area contributed by atoms with Crippen LogP contribution in [0, 0.1) is 0 Å². The third kappa shape index (κ3) is 3.07. The number of nitrogens with zero attached hydrogens (tertiary/aromatic N) is 1. The molecule has 3 nitrogen and oxygen atoms in total. The summed E-state index contributed by atoms with van der Waals surface area (Å²) in [5.41, 5.74) is 1.96. The molecule has 0 saturated carbocycles. The van der Waals surface area contributed by atoms with E-state index in [1.807, 2.05) is 42.5 Å². The minimum Gasteiger partial charge on any atom is -0.508 e. The van der Waals surface area contributed by atoms with Crippen LogP contribution in [0.3, 0.4) is 0 Å². The van der Waals surface area contributed by atoms with Crippen LogP contribution in [0.1, 0.15) is 30.0 Å². The Morgan fingerprint density at radius 2 is 1.81 bits per heavy atom. The van der Waals surface area contributed by atoms with Crippen molar-refractivity contribution < 1.29 is 10.2 Å². The highest BCUT2D eigenvalue weighted by Crippen LogP contribution is 2.42. The molecule has 0 aromatic heterocycles. The van der Waals surface area contributed by atoms with Crippen LogP contribution in [-0.2, 0) is 0 Å². The number of phenolic OH excluding ortho intramolecular Hbond substituents is 1. The Morgan fingerprint density at radius 1 is 1.04 bits per heavy atom. The lowest BCUT2D eigenvalue weighted by molar-refractivity contribution is 0.133. The molecule has 0 bridgehead atoms. The van der Waals surface area contributed by atoms with Gasteiger partial charge in [0.1, 0.15) is 5.75 Å². The lowest BCUT2D eigenvalue weighted by atomic mass is 9.91. The Bertz CT molecular complexity index is 910. The highest BCUT2D eigenvalue weighted by atomic mass is 35.5. The van der Waals surface area contributed by atoms with E-state index in [0.717, 1.165) is 41.3 Å². The number of aromatic hydroxyl groups is 1. The lowest BCUT2D eigenvalue weighted by Gasteiger charge is -2.34. The average molecular weight is 368 g/mol. The molecule has 26 heavy (non-hydrogen) atoms. The first kappa shape index (κ1) is 17.3. The Hall–Kier alpha value is -2.07. The molecule has 1 aliphatic rings. The van der Waals surface area contributed by atoms with Crippen molar-refractivity contribution >= 4 is 22.4 Å². The zero-order chi connectivity index (χ0) is 18.1. The third-order valence-corrected chi connectivity index (χ3v) is 5.62. The maximum Gasteiger partial charge on any atom is 0.121 e. The second-order valence-corrected chi connectivity index (χ2v) is 7.33. The number of rotatable bonds is 4. The normalized spacial score (nSPS) is 19.1. The van der Waals surface area contributed by atoms with Gasteiger partial charge in [0.25, 0.3) is 0 Å². The van der Waals surface area contributed by atoms with Crippen molar-refractivity contribution in [2.45, 2.75) is 24.9 Å². The van der Waals surface area contributed by atoms with Gasteiger partial charge < -0.3 is 10.2 Å². The second-order valence-electron chi connectivity index (χ2n) is 6.89. The Morgan fingerprint density at radius 3 is 2.58 bits per heavy atom. The molecule has 2 atom stereocenters. The van der Waals surface area contributed by atoms with Gasteiger partial charge in [-0.2, -0.15) is 0 Å². The van der Waals surface area contributed by atoms with Crippen LogP contribution in [0.5, 0.6) is 5.75 Å². The highest BCUT2D eigenvalue weighted by Gasteiger charge is 2.34. The third-order valence-electron chi connectivity index (χ3n) is 5.37. The number of hydrogen-bond acceptors (Lipinski definition) is 3. The van der Waals surface area contributed by atoms with Crippen molar-refractivity contribution in [2.75, 3.05) is 13.2 Å². The Balaban J connectivity index is 1.94. The fraction of sp³-hybridized carbons (Fsp3) is 0.273. The first-order valence-electron chi connectivity index (χ1n) is 9.01. The minimum atomic E-state index is -0.127. The summed E-state index contributed by atoms with van der Waals surface area (Å²) in [6, 6.07) is 19.6. The maximum atomic E-state index is 10.8. The number of fused-ring (bicyclic) bond motifs is 1. The number of aliphatic hydroxyl groups excluding tert-OH is 1. The summed E-state index contributed by atoms with van der Waals surface area (Å²) >= 11 is 6.10. The summed E-state index contributed by atoms with van der Waals surface area (Å²) in [6.07, 6.45) is 2.01. The number of phenols is 1. The van der Waals surface area contributed by atoms with Crippen LogP contribution in [0.15, 0.2) is 60.7 Å². The second kappa shape index (κ2) is 7.28. The Kier molecular flexibility index (Phi) is 4.86. The van der Waals surface area contributed by atoms with Gasteiger partial charge in [0, 0.05) is 16.6 Å². The van der Waals surface area contributed by atoms with E-state index in [9.17, 15) is 10.2 Å². The molecule has 0 radical (unpaired) electrons. The van der Waals surface area contributed by atoms with Crippen LogP contribution in [0.2, 0.25) is 5.02 Å². The van der Waals surface area contributed by atoms with Gasteiger partial charge in [-0.3, -0.25) is 4.90 Å². The zero-order valence-corrected chi connectivity index (χ0v) is 15.2. The summed E-state index contributed by atoms with van der Waals surface area (Å²) in [5.74, 6) is 0.284. The van der Waals surface area contributed by atoms with Crippen LogP contribution in [-0.4, -0.2) is 34.3 Å². The zero-order valence-electron chi connectivity index (χ0n) is 14.5. The molecule has 0 unspecified atom stereocenters. The van der Waals surface area contributed by atoms with E-state index < -0.39 is 0 Å². The largest absolute Gasteiger partial charge is 0.508 e. The van der Waals surface area contributed by atoms with Gasteiger partial charge in [0.05, 0.1) is 12.6 Å². The fourth-order valence-electron chi connectivity index (χ4n) is 4.13. The molecule has 0 spiro atoms. The number of aliphatic hydroxyl groups is 1. The molecule has 134 valence electrons. The lowest BCUT2D eigenvalue weighted by Crippen LogP contribution is -2.36. The number of hydrogen-bond donors (Lipinski definition) is 2. The summed E-state index contributed by atoms with van der Waals surface area (Å²) in [5, 5.41) is 23.5. The molecule has 1 saturated heterocycles. The topological polar surface area (TPSA) is 43.7 Å². The molecule has 2 N–H and O–H groups in total. The van der Waals surface area contributed by atoms with E-state index in [4.69, 9.17) is 11.6 Å². The minimum absolute atomic E-state index is 0.0917.